The third kappa shape index (κ3) is 4.63. The van der Waals surface area contributed by atoms with Crippen molar-refractivity contribution in [3.63, 3.8) is 0 Å². The standard InChI is InChI=1S/C22H25N5O2/c28-21(17-27-20-9-5-4-8-19(20)24-16-22(27)29)23-10-11-25-12-14-26(15-13-25)18-6-2-1-3-7-18/h1-9,16H,10-15,17H2,(H,23,28). The van der Waals surface area contributed by atoms with E-state index in [1.165, 1.54) is 16.5 Å². The Balaban J connectivity index is 1.25. The number of nitrogens with one attached hydrogen (secondary N) is 1. The van der Waals surface area contributed by atoms with Gasteiger partial charge in [0, 0.05) is 45.0 Å². The summed E-state index contributed by atoms with van der Waals surface area (Å²) in [4.78, 5) is 33.4. The first kappa shape index (κ1) is 19.1. The number of fused-ring (bicyclic) bond motifs is 1. The Morgan fingerprint density at radius 2 is 1.69 bits per heavy atom. The molecule has 1 amide bonds. The fourth-order valence-corrected chi connectivity index (χ4v) is 3.70. The highest BCUT2D eigenvalue weighted by atomic mass is 16.2. The molecule has 1 aromatic heterocycles. The first-order valence-corrected chi connectivity index (χ1v) is 9.94. The first-order valence-electron chi connectivity index (χ1n) is 9.94. The predicted molar refractivity (Wildman–Crippen MR) is 114 cm³/mol. The molecule has 3 aromatic rings. The van der Waals surface area contributed by atoms with Crippen LogP contribution in [0.15, 0.2) is 65.6 Å². The third-order valence-corrected chi connectivity index (χ3v) is 5.30. The fourth-order valence-electron chi connectivity index (χ4n) is 3.70. The fraction of sp³-hybridized carbons (Fsp3) is 0.318. The van der Waals surface area contributed by atoms with E-state index in [4.69, 9.17) is 0 Å². The second kappa shape index (κ2) is 8.87. The smallest absolute Gasteiger partial charge is 0.269 e. The van der Waals surface area contributed by atoms with Crippen molar-refractivity contribution in [2.75, 3.05) is 44.2 Å². The van der Waals surface area contributed by atoms with E-state index in [-0.39, 0.29) is 18.0 Å². The van der Waals surface area contributed by atoms with Gasteiger partial charge in [0.1, 0.15) is 6.54 Å². The van der Waals surface area contributed by atoms with Crippen LogP contribution in [0.3, 0.4) is 0 Å². The first-order chi connectivity index (χ1) is 14.2. The molecule has 0 saturated carbocycles. The number of para-hydroxylation sites is 3. The van der Waals surface area contributed by atoms with E-state index in [2.05, 4.69) is 44.4 Å². The van der Waals surface area contributed by atoms with Gasteiger partial charge in [0.25, 0.3) is 5.56 Å². The number of carbonyl (C=O) groups is 1. The van der Waals surface area contributed by atoms with Crippen LogP contribution in [0.25, 0.3) is 11.0 Å². The van der Waals surface area contributed by atoms with Gasteiger partial charge in [-0.2, -0.15) is 0 Å². The van der Waals surface area contributed by atoms with E-state index < -0.39 is 0 Å². The molecule has 2 aromatic carbocycles. The lowest BCUT2D eigenvalue weighted by atomic mass is 10.2. The maximum atomic E-state index is 12.4. The van der Waals surface area contributed by atoms with E-state index in [1.54, 1.807) is 0 Å². The number of carbonyl (C=O) groups excluding carboxylic acids is 1. The zero-order valence-electron chi connectivity index (χ0n) is 16.3. The lowest BCUT2D eigenvalue weighted by Crippen LogP contribution is -2.48. The summed E-state index contributed by atoms with van der Waals surface area (Å²) in [7, 11) is 0. The molecule has 0 unspecified atom stereocenters. The molecule has 0 spiro atoms. The maximum Gasteiger partial charge on any atom is 0.269 e. The van der Waals surface area contributed by atoms with E-state index in [9.17, 15) is 9.59 Å². The zero-order chi connectivity index (χ0) is 20.1. The van der Waals surface area contributed by atoms with Crippen molar-refractivity contribution < 1.29 is 4.79 Å². The van der Waals surface area contributed by atoms with Gasteiger partial charge in [0.05, 0.1) is 17.2 Å². The molecule has 1 fully saturated rings. The minimum Gasteiger partial charge on any atom is -0.369 e. The molecule has 0 aliphatic carbocycles. The van der Waals surface area contributed by atoms with Crippen LogP contribution in [-0.4, -0.2) is 59.6 Å². The molecule has 7 nitrogen and oxygen atoms in total. The molecular weight excluding hydrogens is 366 g/mol. The molecule has 0 atom stereocenters. The minimum absolute atomic E-state index is 0.00362. The van der Waals surface area contributed by atoms with E-state index in [0.29, 0.717) is 17.6 Å². The third-order valence-electron chi connectivity index (χ3n) is 5.30. The number of aromatic nitrogens is 2. The summed E-state index contributed by atoms with van der Waals surface area (Å²) in [6.07, 6.45) is 1.27. The molecule has 7 heteroatoms. The van der Waals surface area contributed by atoms with Gasteiger partial charge < -0.3 is 10.2 Å². The van der Waals surface area contributed by atoms with Crippen LogP contribution >= 0.6 is 0 Å². The molecular formula is C22H25N5O2. The van der Waals surface area contributed by atoms with Gasteiger partial charge in [-0.05, 0) is 24.3 Å². The van der Waals surface area contributed by atoms with Crippen molar-refractivity contribution in [1.29, 1.82) is 0 Å². The van der Waals surface area contributed by atoms with Crippen molar-refractivity contribution in [2.45, 2.75) is 6.54 Å². The summed E-state index contributed by atoms with van der Waals surface area (Å²) >= 11 is 0. The van der Waals surface area contributed by atoms with E-state index >= 15 is 0 Å². The van der Waals surface area contributed by atoms with Crippen LogP contribution in [0.2, 0.25) is 0 Å². The van der Waals surface area contributed by atoms with E-state index in [1.807, 2.05) is 30.3 Å². The Morgan fingerprint density at radius 1 is 0.966 bits per heavy atom. The molecule has 29 heavy (non-hydrogen) atoms. The molecule has 0 radical (unpaired) electrons. The Kier molecular flexibility index (Phi) is 5.86. The van der Waals surface area contributed by atoms with E-state index in [0.717, 1.165) is 32.7 Å². The summed E-state index contributed by atoms with van der Waals surface area (Å²) in [6, 6.07) is 17.8. The normalized spacial score (nSPS) is 14.8. The van der Waals surface area contributed by atoms with Crippen molar-refractivity contribution >= 4 is 22.6 Å². The average molecular weight is 391 g/mol. The van der Waals surface area contributed by atoms with Gasteiger partial charge in [-0.25, -0.2) is 4.98 Å². The highest BCUT2D eigenvalue weighted by molar-refractivity contribution is 5.79. The number of benzene rings is 2. The predicted octanol–water partition coefficient (Wildman–Crippen LogP) is 1.33. The molecule has 1 aliphatic heterocycles. The zero-order valence-corrected chi connectivity index (χ0v) is 16.3. The van der Waals surface area contributed by atoms with Gasteiger partial charge in [-0.15, -0.1) is 0 Å². The van der Waals surface area contributed by atoms with Crippen LogP contribution in [0.1, 0.15) is 0 Å². The van der Waals surface area contributed by atoms with Gasteiger partial charge >= 0.3 is 0 Å². The average Bonchev–Trinajstić information content (AvgIpc) is 2.77. The number of nitrogens with zero attached hydrogens (tertiary/aromatic N) is 4. The Morgan fingerprint density at radius 3 is 2.48 bits per heavy atom. The van der Waals surface area contributed by atoms with Crippen LogP contribution in [0, 0.1) is 0 Å². The van der Waals surface area contributed by atoms with Crippen molar-refractivity contribution in [1.82, 2.24) is 19.8 Å². The van der Waals surface area contributed by atoms with Gasteiger partial charge in [-0.3, -0.25) is 19.1 Å². The molecule has 1 saturated heterocycles. The second-order valence-electron chi connectivity index (χ2n) is 7.19. The molecule has 0 bridgehead atoms. The van der Waals surface area contributed by atoms with Crippen molar-refractivity contribution in [3.8, 4) is 0 Å². The Hall–Kier alpha value is -3.19. The molecule has 1 N–H and O–H groups in total. The maximum absolute atomic E-state index is 12.4. The lowest BCUT2D eigenvalue weighted by molar-refractivity contribution is -0.121. The minimum atomic E-state index is -0.268. The quantitative estimate of drug-likeness (QED) is 0.687. The van der Waals surface area contributed by atoms with Crippen molar-refractivity contribution in [3.05, 3.63) is 71.1 Å². The summed E-state index contributed by atoms with van der Waals surface area (Å²) in [5.41, 5.74) is 2.37. The highest BCUT2D eigenvalue weighted by Crippen LogP contribution is 2.15. The molecule has 150 valence electrons. The van der Waals surface area contributed by atoms with Gasteiger partial charge in [0.15, 0.2) is 0 Å². The van der Waals surface area contributed by atoms with Crippen LogP contribution < -0.4 is 15.8 Å². The number of hydrogen-bond acceptors (Lipinski definition) is 5. The Bertz CT molecular complexity index is 1030. The summed E-state index contributed by atoms with van der Waals surface area (Å²) in [5, 5.41) is 2.94. The van der Waals surface area contributed by atoms with Crippen LogP contribution in [0.5, 0.6) is 0 Å². The van der Waals surface area contributed by atoms with Gasteiger partial charge in [-0.1, -0.05) is 30.3 Å². The lowest BCUT2D eigenvalue weighted by Gasteiger charge is -2.36. The second-order valence-corrected chi connectivity index (χ2v) is 7.19. The van der Waals surface area contributed by atoms with Gasteiger partial charge in [0.2, 0.25) is 5.91 Å². The number of piperazine rings is 1. The monoisotopic (exact) mass is 391 g/mol. The number of hydrogen-bond donors (Lipinski definition) is 1. The number of anilines is 1. The van der Waals surface area contributed by atoms with Crippen LogP contribution in [0.4, 0.5) is 5.69 Å². The number of amides is 1. The largest absolute Gasteiger partial charge is 0.369 e. The number of rotatable bonds is 6. The molecule has 4 rings (SSSR count). The molecule has 2 heterocycles. The SMILES string of the molecule is O=C(Cn1c(=O)cnc2ccccc21)NCCN1CCN(c2ccccc2)CC1. The Labute approximate surface area is 169 Å². The summed E-state index contributed by atoms with van der Waals surface area (Å²) < 4.78 is 1.47. The summed E-state index contributed by atoms with van der Waals surface area (Å²) in [5.74, 6) is -0.161. The van der Waals surface area contributed by atoms with Crippen molar-refractivity contribution in [2.24, 2.45) is 0 Å². The topological polar surface area (TPSA) is 70.5 Å². The molecule has 1 aliphatic rings. The highest BCUT2D eigenvalue weighted by Gasteiger charge is 2.17. The van der Waals surface area contributed by atoms with Crippen LogP contribution in [-0.2, 0) is 11.3 Å². The summed E-state index contributed by atoms with van der Waals surface area (Å²) in [6.45, 7) is 5.29.